The van der Waals surface area contributed by atoms with Gasteiger partial charge in [-0.25, -0.2) is 4.79 Å². The fraction of sp³-hybridized carbons (Fsp3) is 0.845. The van der Waals surface area contributed by atoms with Crippen LogP contribution in [0.4, 0.5) is 0 Å². The van der Waals surface area contributed by atoms with Gasteiger partial charge < -0.3 is 28.5 Å². The number of carboxylic acids is 1. The van der Waals surface area contributed by atoms with Crippen LogP contribution in [0.2, 0.25) is 0 Å². The van der Waals surface area contributed by atoms with Crippen LogP contribution in [0.25, 0.3) is 0 Å². The van der Waals surface area contributed by atoms with Gasteiger partial charge in [-0.3, -0.25) is 9.59 Å². The lowest BCUT2D eigenvalue weighted by molar-refractivity contribution is -0.870. The zero-order chi connectivity index (χ0) is 58.3. The van der Waals surface area contributed by atoms with E-state index in [0.717, 1.165) is 64.2 Å². The molecule has 2 atom stereocenters. The SMILES string of the molecule is CC/C=C\C/C=C\C/C=C\C/C=C\CCCCCCCCCCCCCCCCC(=O)OC(COC(=O)CCCCCCCCCCCCCCCCCCCCCCCCCCCCCC)COC(OCC[N+](C)(C)C)C(=O)O. The molecule has 0 amide bonds. The van der Waals surface area contributed by atoms with Crippen LogP contribution >= 0.6 is 0 Å². The van der Waals surface area contributed by atoms with E-state index in [0.29, 0.717) is 17.4 Å². The average molecular weight is 1130 g/mol. The predicted molar refractivity (Wildman–Crippen MR) is 341 cm³/mol. The second-order valence-electron chi connectivity index (χ2n) is 24.5. The molecule has 80 heavy (non-hydrogen) atoms. The highest BCUT2D eigenvalue weighted by atomic mass is 16.7. The first kappa shape index (κ1) is 77.2. The summed E-state index contributed by atoms with van der Waals surface area (Å²) in [6, 6.07) is 0. The molecule has 0 heterocycles. The number of nitrogens with zero attached hydrogens (tertiary/aromatic N) is 1. The molecule has 0 saturated heterocycles. The van der Waals surface area contributed by atoms with E-state index in [-0.39, 0.29) is 38.2 Å². The van der Waals surface area contributed by atoms with Gasteiger partial charge in [-0.05, 0) is 51.4 Å². The third kappa shape index (κ3) is 62.8. The maximum atomic E-state index is 12.9. The van der Waals surface area contributed by atoms with Crippen LogP contribution in [0.15, 0.2) is 48.6 Å². The Kier molecular flexibility index (Phi) is 60.2. The van der Waals surface area contributed by atoms with Gasteiger partial charge in [-0.1, -0.05) is 313 Å². The quantitative estimate of drug-likeness (QED) is 0.0211. The standard InChI is InChI=1S/C71H131NO8/c1-6-8-10-12-14-16-18-20-22-24-26-28-30-32-34-36-37-39-41-43-45-47-49-51-53-55-57-59-61-68(73)78-65-67(66-79-71(70(75)76)77-64-63-72(3,4)5)80-69(74)62-60-58-56-54-52-50-48-46-44-42-40-38-35-33-31-29-27-25-23-21-19-17-15-13-11-9-7-2/h9,11,15,17,21,23,27,29,67,71H,6-8,10,12-14,16,18-20,22,24-26,28,30-66H2,1-5H3/p+1/b11-9-,17-15-,23-21-,29-27-. The number of esters is 2. The second kappa shape index (κ2) is 62.3. The monoisotopic (exact) mass is 1130 g/mol. The van der Waals surface area contributed by atoms with Crippen molar-refractivity contribution in [3.8, 4) is 0 Å². The van der Waals surface area contributed by atoms with E-state index in [2.05, 4.69) is 62.5 Å². The van der Waals surface area contributed by atoms with Crippen molar-refractivity contribution in [1.29, 1.82) is 0 Å². The minimum atomic E-state index is -1.51. The molecule has 468 valence electrons. The Hall–Kier alpha value is -2.75. The first-order valence-corrected chi connectivity index (χ1v) is 34.3. The minimum absolute atomic E-state index is 0.178. The Morgan fingerprint density at radius 2 is 0.713 bits per heavy atom. The highest BCUT2D eigenvalue weighted by Gasteiger charge is 2.25. The molecule has 0 aromatic carbocycles. The molecule has 0 aliphatic carbocycles. The molecule has 0 rings (SSSR count). The van der Waals surface area contributed by atoms with Crippen molar-refractivity contribution >= 4 is 17.9 Å². The van der Waals surface area contributed by atoms with Crippen molar-refractivity contribution in [2.75, 3.05) is 47.5 Å². The van der Waals surface area contributed by atoms with Gasteiger partial charge in [0.25, 0.3) is 6.29 Å². The lowest BCUT2D eigenvalue weighted by atomic mass is 10.0. The molecule has 2 unspecified atom stereocenters. The Morgan fingerprint density at radius 1 is 0.388 bits per heavy atom. The van der Waals surface area contributed by atoms with Crippen LogP contribution in [0.1, 0.15) is 328 Å². The van der Waals surface area contributed by atoms with Crippen LogP contribution in [0, 0.1) is 0 Å². The van der Waals surface area contributed by atoms with Crippen molar-refractivity contribution in [3.63, 3.8) is 0 Å². The zero-order valence-electron chi connectivity index (χ0n) is 53.5. The predicted octanol–water partition coefficient (Wildman–Crippen LogP) is 21.0. The molecule has 0 aromatic heterocycles. The van der Waals surface area contributed by atoms with E-state index in [9.17, 15) is 19.5 Å². The summed E-state index contributed by atoms with van der Waals surface area (Å²) < 4.78 is 23.0. The fourth-order valence-electron chi connectivity index (χ4n) is 10.1. The van der Waals surface area contributed by atoms with Crippen molar-refractivity contribution in [3.05, 3.63) is 48.6 Å². The molecule has 0 radical (unpaired) electrons. The Bertz CT molecular complexity index is 1450. The molecule has 0 aliphatic heterocycles. The number of likely N-dealkylation sites (N-methyl/N-ethyl adjacent to an activating group) is 1. The number of carbonyl (C=O) groups excluding carboxylic acids is 2. The fourth-order valence-corrected chi connectivity index (χ4v) is 10.1. The number of allylic oxidation sites excluding steroid dienone is 8. The Morgan fingerprint density at radius 3 is 1.06 bits per heavy atom. The summed E-state index contributed by atoms with van der Waals surface area (Å²) in [6.45, 7) is 4.83. The van der Waals surface area contributed by atoms with E-state index in [1.54, 1.807) is 0 Å². The van der Waals surface area contributed by atoms with Crippen LogP contribution in [0.5, 0.6) is 0 Å². The first-order chi connectivity index (χ1) is 39.1. The highest BCUT2D eigenvalue weighted by molar-refractivity contribution is 5.71. The number of unbranched alkanes of at least 4 members (excludes halogenated alkanes) is 41. The van der Waals surface area contributed by atoms with Crippen LogP contribution in [0.3, 0.4) is 0 Å². The van der Waals surface area contributed by atoms with Crippen LogP contribution in [-0.2, 0) is 33.3 Å². The summed E-state index contributed by atoms with van der Waals surface area (Å²) in [5.41, 5.74) is 0. The van der Waals surface area contributed by atoms with Gasteiger partial charge in [0.15, 0.2) is 6.10 Å². The molecular weight excluding hydrogens is 995 g/mol. The number of quaternary nitrogens is 1. The summed E-state index contributed by atoms with van der Waals surface area (Å²) in [5.74, 6) is -1.98. The summed E-state index contributed by atoms with van der Waals surface area (Å²) in [6.07, 6.45) is 76.5. The van der Waals surface area contributed by atoms with E-state index < -0.39 is 18.4 Å². The molecule has 0 saturated carbocycles. The molecule has 9 heteroatoms. The van der Waals surface area contributed by atoms with Crippen LogP contribution < -0.4 is 0 Å². The number of carbonyl (C=O) groups is 3. The van der Waals surface area contributed by atoms with Gasteiger partial charge in [-0.15, -0.1) is 0 Å². The maximum Gasteiger partial charge on any atom is 0.361 e. The number of carboxylic acid groups (broad SMARTS) is 1. The Balaban J connectivity index is 4.09. The molecular formula is C71H132NO8+. The largest absolute Gasteiger partial charge is 0.477 e. The lowest BCUT2D eigenvalue weighted by Gasteiger charge is -2.25. The topological polar surface area (TPSA) is 108 Å². The summed E-state index contributed by atoms with van der Waals surface area (Å²) in [4.78, 5) is 37.6. The normalized spacial score (nSPS) is 13.0. The van der Waals surface area contributed by atoms with E-state index in [1.807, 2.05) is 21.1 Å². The Labute approximate surface area is 495 Å². The van der Waals surface area contributed by atoms with Crippen molar-refractivity contribution < 1.29 is 42.9 Å². The van der Waals surface area contributed by atoms with Gasteiger partial charge in [-0.2, -0.15) is 0 Å². The van der Waals surface area contributed by atoms with Crippen molar-refractivity contribution in [2.45, 2.75) is 341 Å². The van der Waals surface area contributed by atoms with E-state index >= 15 is 0 Å². The van der Waals surface area contributed by atoms with Crippen LogP contribution in [-0.4, -0.2) is 87.4 Å². The summed E-state index contributed by atoms with van der Waals surface area (Å²) in [5, 5.41) is 9.74. The van der Waals surface area contributed by atoms with Gasteiger partial charge in [0, 0.05) is 12.8 Å². The number of ether oxygens (including phenoxy) is 4. The molecule has 0 spiro atoms. The lowest BCUT2D eigenvalue weighted by Crippen LogP contribution is -2.40. The van der Waals surface area contributed by atoms with E-state index in [1.165, 1.54) is 238 Å². The van der Waals surface area contributed by atoms with Gasteiger partial charge in [0.1, 0.15) is 13.2 Å². The van der Waals surface area contributed by atoms with Gasteiger partial charge in [0.2, 0.25) is 0 Å². The zero-order valence-corrected chi connectivity index (χ0v) is 53.5. The molecule has 0 aliphatic rings. The summed E-state index contributed by atoms with van der Waals surface area (Å²) in [7, 11) is 5.99. The number of hydrogen-bond acceptors (Lipinski definition) is 7. The van der Waals surface area contributed by atoms with Crippen molar-refractivity contribution in [2.24, 2.45) is 0 Å². The molecule has 9 nitrogen and oxygen atoms in total. The summed E-state index contributed by atoms with van der Waals surface area (Å²) >= 11 is 0. The number of aliphatic carboxylic acids is 1. The number of hydrogen-bond donors (Lipinski definition) is 1. The molecule has 0 bridgehead atoms. The average Bonchev–Trinajstić information content (AvgIpc) is 3.43. The van der Waals surface area contributed by atoms with Gasteiger partial charge >= 0.3 is 17.9 Å². The van der Waals surface area contributed by atoms with E-state index in [4.69, 9.17) is 18.9 Å². The molecule has 0 fully saturated rings. The second-order valence-corrected chi connectivity index (χ2v) is 24.5. The smallest absolute Gasteiger partial charge is 0.361 e. The minimum Gasteiger partial charge on any atom is -0.477 e. The number of rotatable bonds is 64. The van der Waals surface area contributed by atoms with Gasteiger partial charge in [0.05, 0.1) is 34.4 Å². The maximum absolute atomic E-state index is 12.9. The first-order valence-electron chi connectivity index (χ1n) is 34.3. The highest BCUT2D eigenvalue weighted by Crippen LogP contribution is 2.19. The van der Waals surface area contributed by atoms with Crippen molar-refractivity contribution in [1.82, 2.24) is 0 Å². The molecule has 0 aromatic rings. The third-order valence-corrected chi connectivity index (χ3v) is 15.3. The molecule has 1 N–H and O–H groups in total. The third-order valence-electron chi connectivity index (χ3n) is 15.3.